The van der Waals surface area contributed by atoms with Crippen LogP contribution in [0.25, 0.3) is 0 Å². The van der Waals surface area contributed by atoms with Gasteiger partial charge in [0.25, 0.3) is 0 Å². The summed E-state index contributed by atoms with van der Waals surface area (Å²) in [6.07, 6.45) is 0. The maximum absolute atomic E-state index is 9.81. The summed E-state index contributed by atoms with van der Waals surface area (Å²) in [6, 6.07) is 0. The van der Waals surface area contributed by atoms with Crippen LogP contribution in [0.4, 0.5) is 10.6 Å². The Labute approximate surface area is 93.2 Å². The van der Waals surface area contributed by atoms with Crippen LogP contribution < -0.4 is 18.9 Å². The van der Waals surface area contributed by atoms with Crippen molar-refractivity contribution in [2.24, 2.45) is 0 Å². The molecule has 0 spiro atoms. The molecule has 30 valence electrons. The van der Waals surface area contributed by atoms with E-state index in [4.69, 9.17) is 0 Å². The zero-order valence-corrected chi connectivity index (χ0v) is 8.05. The summed E-state index contributed by atoms with van der Waals surface area (Å²) in [5.74, 6) is 0. The van der Waals surface area contributed by atoms with Crippen molar-refractivity contribution in [1.82, 2.24) is 0 Å². The normalized spacial score (nSPS) is 4.50. The van der Waals surface area contributed by atoms with Gasteiger partial charge < -0.3 is 14.9 Å². The number of rotatable bonds is 0. The number of hydrogen-bond donors (Lipinski definition) is 0. The van der Waals surface area contributed by atoms with Gasteiger partial charge in [-0.25, -0.2) is 0 Å². The van der Waals surface area contributed by atoms with E-state index in [-0.39, 0.29) is 68.6 Å². The molecule has 0 aromatic rings. The molecule has 0 aliphatic heterocycles. The molecule has 6 heteroatoms. The van der Waals surface area contributed by atoms with Crippen molar-refractivity contribution in [2.45, 2.75) is 0 Å². The van der Waals surface area contributed by atoms with Gasteiger partial charge in [0, 0.05) is 0 Å². The molecule has 0 aromatic heterocycles. The Hall–Kier alpha value is 2.40. The minimum atomic E-state index is -4.64. The van der Waals surface area contributed by atoms with Gasteiger partial charge in [0.1, 0.15) is 0 Å². The molecule has 0 aliphatic carbocycles. The fourth-order valence-electron chi connectivity index (χ4n) is 0. The molecular formula is H3AlF3LiSr. The van der Waals surface area contributed by atoms with Gasteiger partial charge in [-0.05, 0) is 0 Å². The van der Waals surface area contributed by atoms with Gasteiger partial charge in [-0.15, -0.1) is 0 Å². The summed E-state index contributed by atoms with van der Waals surface area (Å²) in [4.78, 5) is 0. The Morgan fingerprint density at radius 1 is 1.17 bits per heavy atom. The summed E-state index contributed by atoms with van der Waals surface area (Å²) in [5, 5.41) is 0. The molecular weight excluding hydrogens is 179 g/mol. The van der Waals surface area contributed by atoms with Crippen molar-refractivity contribution >= 4 is 61.0 Å². The minimum absolute atomic E-state index is 0. The first-order chi connectivity index (χ1) is 1.73. The second kappa shape index (κ2) is 10.4. The van der Waals surface area contributed by atoms with E-state index in [0.717, 1.165) is 0 Å². The predicted molar refractivity (Wildman–Crippen MR) is 18.2 cm³/mol. The van der Waals surface area contributed by atoms with Crippen LogP contribution >= 0.6 is 0 Å². The van der Waals surface area contributed by atoms with Crippen molar-refractivity contribution in [3.05, 3.63) is 0 Å². The van der Waals surface area contributed by atoms with Crippen molar-refractivity contribution in [1.29, 1.82) is 0 Å². The Kier molecular flexibility index (Phi) is 27.3. The molecule has 0 radical (unpaired) electrons. The van der Waals surface area contributed by atoms with E-state index < -0.39 is 15.5 Å². The van der Waals surface area contributed by atoms with Crippen molar-refractivity contribution in [3.63, 3.8) is 0 Å². The van der Waals surface area contributed by atoms with E-state index in [0.29, 0.717) is 0 Å². The van der Waals surface area contributed by atoms with Crippen LogP contribution in [0, 0.1) is 0 Å². The molecule has 0 atom stereocenters. The second-order valence-corrected chi connectivity index (χ2v) is 0.742. The molecule has 0 aliphatic rings. The Morgan fingerprint density at radius 2 is 1.17 bits per heavy atom. The van der Waals surface area contributed by atoms with Crippen LogP contribution in [0.3, 0.4) is 0 Å². The molecule has 0 aromatic carbocycles. The molecule has 6 heavy (non-hydrogen) atoms. The van der Waals surface area contributed by atoms with E-state index in [1.165, 1.54) is 0 Å². The zero-order valence-electron chi connectivity index (χ0n) is 6.42. The van der Waals surface area contributed by atoms with Gasteiger partial charge in [0.05, 0.1) is 0 Å². The third-order valence-corrected chi connectivity index (χ3v) is 0. The van der Waals surface area contributed by atoms with Gasteiger partial charge in [0.2, 0.25) is 0 Å². The Bertz CT molecular complexity index is 23.8. The summed E-state index contributed by atoms with van der Waals surface area (Å²) >= 11 is -4.64. The molecule has 0 amide bonds. The average molecular weight is 182 g/mol. The molecule has 0 fully saturated rings. The minimum Gasteiger partial charge on any atom is -1.00 e. The Morgan fingerprint density at radius 3 is 1.17 bits per heavy atom. The first-order valence-corrected chi connectivity index (χ1v) is 1.96. The van der Waals surface area contributed by atoms with Crippen LogP contribution in [0.2, 0.25) is 0 Å². The van der Waals surface area contributed by atoms with Crippen molar-refractivity contribution in [3.8, 4) is 0 Å². The largest absolute Gasteiger partial charge is 2.00 e. The van der Waals surface area contributed by atoms with E-state index in [1.54, 1.807) is 0 Å². The zero-order chi connectivity index (χ0) is 3.58. The monoisotopic (exact) mass is 182 g/mol. The van der Waals surface area contributed by atoms with Gasteiger partial charge in [-0.2, -0.15) is 0 Å². The van der Waals surface area contributed by atoms with E-state index in [2.05, 4.69) is 0 Å². The smallest absolute Gasteiger partial charge is 1.00 e. The first-order valence-electron chi connectivity index (χ1n) is 0.655. The number of halogens is 3. The number of hydrogen-bond acceptors (Lipinski definition) is 0. The molecule has 0 saturated carbocycles. The van der Waals surface area contributed by atoms with E-state index >= 15 is 0 Å². The van der Waals surface area contributed by atoms with Gasteiger partial charge in [-0.3, -0.25) is 0 Å². The Balaban J connectivity index is -0.00000000450. The molecule has 0 unspecified atom stereocenters. The third-order valence-electron chi connectivity index (χ3n) is 0. The SMILES string of the molecule is [F][Al]([F])[F].[H-].[H-].[H-].[Li+].[Sr+2]. The van der Waals surface area contributed by atoms with Gasteiger partial charge in [-0.1, -0.05) is 0 Å². The fourth-order valence-corrected chi connectivity index (χ4v) is 0. The summed E-state index contributed by atoms with van der Waals surface area (Å²) in [5.41, 5.74) is 0. The molecule has 0 bridgehead atoms. The maximum atomic E-state index is 9.81. The molecule has 0 heterocycles. The average Bonchev–Trinajstić information content (AvgIpc) is 0.811. The van der Waals surface area contributed by atoms with Crippen LogP contribution in [-0.4, -0.2) is 61.0 Å². The molecule has 0 rings (SSSR count). The summed E-state index contributed by atoms with van der Waals surface area (Å²) < 4.78 is 29.4. The molecule has 0 N–H and O–H groups in total. The summed E-state index contributed by atoms with van der Waals surface area (Å²) in [6.45, 7) is 0. The first kappa shape index (κ1) is 15.8. The van der Waals surface area contributed by atoms with Crippen molar-refractivity contribution < 1.29 is 33.7 Å². The maximum Gasteiger partial charge on any atom is 2.00 e. The van der Waals surface area contributed by atoms with E-state index in [1.807, 2.05) is 0 Å². The summed E-state index contributed by atoms with van der Waals surface area (Å²) in [7, 11) is 0. The molecule has 0 saturated heterocycles. The standard InChI is InChI=1S/Al.3FH.Li.Sr.3H/h;3*1H;;;;;/q+3;;;;+1;+2;3*-1/p-3. The van der Waals surface area contributed by atoms with Crippen LogP contribution in [-0.2, 0) is 0 Å². The fraction of sp³-hybridized carbons (Fsp3) is 0. The van der Waals surface area contributed by atoms with Gasteiger partial charge >= 0.3 is 79.9 Å². The van der Waals surface area contributed by atoms with Crippen molar-refractivity contribution in [2.75, 3.05) is 0 Å². The predicted octanol–water partition coefficient (Wildman–Crippen LogP) is -2.16. The quantitative estimate of drug-likeness (QED) is 0.374. The van der Waals surface area contributed by atoms with Crippen LogP contribution in [0.1, 0.15) is 4.28 Å². The van der Waals surface area contributed by atoms with Crippen LogP contribution in [0.5, 0.6) is 0 Å². The topological polar surface area (TPSA) is 0 Å². The second-order valence-electron chi connectivity index (χ2n) is 0.247. The van der Waals surface area contributed by atoms with Crippen LogP contribution in [0.15, 0.2) is 0 Å². The molecule has 0 nitrogen and oxygen atoms in total. The van der Waals surface area contributed by atoms with E-state index in [9.17, 15) is 10.6 Å². The third kappa shape index (κ3) is 32.4. The van der Waals surface area contributed by atoms with Gasteiger partial charge in [0.15, 0.2) is 0 Å².